The van der Waals surface area contributed by atoms with Crippen molar-refractivity contribution < 1.29 is 24.9 Å². The Kier molecular flexibility index (Phi) is 15.0. The quantitative estimate of drug-likeness (QED) is 0.348. The second kappa shape index (κ2) is 15.6. The van der Waals surface area contributed by atoms with Crippen LogP contribution >= 0.6 is 0 Å². The number of unbranched alkanes of at least 4 members (excludes halogenated alkanes) is 10. The van der Waals surface area contributed by atoms with Crippen LogP contribution in [0, 0.1) is 0 Å². The fourth-order valence-electron chi connectivity index (χ4n) is 2.77. The maximum absolute atomic E-state index is 11.7. The van der Waals surface area contributed by atoms with Crippen molar-refractivity contribution in [1.29, 1.82) is 0 Å². The summed E-state index contributed by atoms with van der Waals surface area (Å²) in [5, 5.41) is 27.5. The van der Waals surface area contributed by atoms with Gasteiger partial charge in [0.15, 0.2) is 0 Å². The van der Waals surface area contributed by atoms with Gasteiger partial charge in [-0.05, 0) is 6.42 Å². The van der Waals surface area contributed by atoms with E-state index in [2.05, 4.69) is 6.92 Å². The van der Waals surface area contributed by atoms with Crippen molar-refractivity contribution in [2.45, 2.75) is 109 Å². The second-order valence-electron chi connectivity index (χ2n) is 6.76. The number of carboxylic acids is 1. The predicted octanol–water partition coefficient (Wildman–Crippen LogP) is 3.84. The number of carboxylic acid groups (broad SMARTS) is 1. The molecule has 0 heterocycles. The highest BCUT2D eigenvalue weighted by Gasteiger charge is 2.21. The van der Waals surface area contributed by atoms with Crippen molar-refractivity contribution in [3.05, 3.63) is 0 Å². The van der Waals surface area contributed by atoms with E-state index in [9.17, 15) is 19.8 Å². The van der Waals surface area contributed by atoms with E-state index in [4.69, 9.17) is 5.11 Å². The number of Topliss-reactive ketones (excluding diaryl/α,β-unsaturated/α-hetero) is 1. The maximum Gasteiger partial charge on any atom is 0.306 e. The molecule has 2 unspecified atom stereocenters. The van der Waals surface area contributed by atoms with Crippen molar-refractivity contribution in [3.8, 4) is 0 Å². The summed E-state index contributed by atoms with van der Waals surface area (Å²) in [5.41, 5.74) is 0. The smallest absolute Gasteiger partial charge is 0.306 e. The largest absolute Gasteiger partial charge is 0.481 e. The van der Waals surface area contributed by atoms with Crippen LogP contribution in [0.3, 0.4) is 0 Å². The van der Waals surface area contributed by atoms with E-state index in [1.165, 1.54) is 51.4 Å². The van der Waals surface area contributed by atoms with Crippen LogP contribution in [0.4, 0.5) is 0 Å². The molecule has 0 aromatic heterocycles. The van der Waals surface area contributed by atoms with Crippen molar-refractivity contribution in [3.63, 3.8) is 0 Å². The Morgan fingerprint density at radius 2 is 1.12 bits per heavy atom. The van der Waals surface area contributed by atoms with Gasteiger partial charge in [-0.1, -0.05) is 71.1 Å². The van der Waals surface area contributed by atoms with Crippen LogP contribution in [0.1, 0.15) is 96.8 Å². The number of aliphatic carboxylic acids is 1. The molecule has 24 heavy (non-hydrogen) atoms. The van der Waals surface area contributed by atoms with Crippen LogP contribution in [0.25, 0.3) is 0 Å². The maximum atomic E-state index is 11.7. The molecule has 2 atom stereocenters. The molecule has 0 saturated heterocycles. The Labute approximate surface area is 146 Å². The van der Waals surface area contributed by atoms with Gasteiger partial charge < -0.3 is 15.3 Å². The highest BCUT2D eigenvalue weighted by atomic mass is 16.4. The Morgan fingerprint density at radius 1 is 0.708 bits per heavy atom. The first-order valence-corrected chi connectivity index (χ1v) is 9.57. The SMILES string of the molecule is CCCCCCCCCCCCCC(=O)CC(O)C(O)CC(=O)O. The van der Waals surface area contributed by atoms with Crippen molar-refractivity contribution in [2.75, 3.05) is 0 Å². The summed E-state index contributed by atoms with van der Waals surface area (Å²) in [4.78, 5) is 22.1. The highest BCUT2D eigenvalue weighted by molar-refractivity contribution is 5.79. The Hall–Kier alpha value is -0.940. The molecule has 5 heteroatoms. The Bertz CT molecular complexity index is 330. The van der Waals surface area contributed by atoms with Crippen molar-refractivity contribution in [2.24, 2.45) is 0 Å². The third kappa shape index (κ3) is 14.6. The lowest BCUT2D eigenvalue weighted by Crippen LogP contribution is -2.30. The summed E-state index contributed by atoms with van der Waals surface area (Å²) < 4.78 is 0. The van der Waals surface area contributed by atoms with E-state index in [0.29, 0.717) is 6.42 Å². The molecular formula is C19H36O5. The average molecular weight is 344 g/mol. The van der Waals surface area contributed by atoms with E-state index in [-0.39, 0.29) is 12.2 Å². The first kappa shape index (κ1) is 23.1. The molecule has 0 radical (unpaired) electrons. The molecule has 3 N–H and O–H groups in total. The monoisotopic (exact) mass is 344 g/mol. The molecule has 0 amide bonds. The summed E-state index contributed by atoms with van der Waals surface area (Å²) in [7, 11) is 0. The number of rotatable bonds is 17. The van der Waals surface area contributed by atoms with Gasteiger partial charge in [0.05, 0.1) is 18.6 Å². The molecule has 0 bridgehead atoms. The van der Waals surface area contributed by atoms with Gasteiger partial charge in [-0.15, -0.1) is 0 Å². The molecule has 0 aliphatic carbocycles. The normalized spacial score (nSPS) is 13.6. The van der Waals surface area contributed by atoms with Gasteiger partial charge in [0.2, 0.25) is 0 Å². The third-order valence-corrected chi connectivity index (χ3v) is 4.32. The fraction of sp³-hybridized carbons (Fsp3) is 0.895. The molecule has 0 rings (SSSR count). The molecule has 0 fully saturated rings. The first-order valence-electron chi connectivity index (χ1n) is 9.57. The van der Waals surface area contributed by atoms with E-state index in [1.54, 1.807) is 0 Å². The second-order valence-corrected chi connectivity index (χ2v) is 6.76. The average Bonchev–Trinajstić information content (AvgIpc) is 2.51. The van der Waals surface area contributed by atoms with Gasteiger partial charge in [0, 0.05) is 12.8 Å². The Morgan fingerprint density at radius 3 is 1.58 bits per heavy atom. The van der Waals surface area contributed by atoms with E-state index in [1.807, 2.05) is 0 Å². The van der Waals surface area contributed by atoms with Crippen LogP contribution in [-0.2, 0) is 9.59 Å². The highest BCUT2D eigenvalue weighted by Crippen LogP contribution is 2.13. The lowest BCUT2D eigenvalue weighted by Gasteiger charge is -2.15. The van der Waals surface area contributed by atoms with Crippen LogP contribution in [-0.4, -0.2) is 39.3 Å². The lowest BCUT2D eigenvalue weighted by atomic mass is 10.0. The number of aliphatic hydroxyl groups excluding tert-OH is 2. The van der Waals surface area contributed by atoms with Gasteiger partial charge in [0.1, 0.15) is 5.78 Å². The molecule has 5 nitrogen and oxygen atoms in total. The predicted molar refractivity (Wildman–Crippen MR) is 95.0 cm³/mol. The number of hydrogen-bond donors (Lipinski definition) is 3. The number of carbonyl (C=O) groups is 2. The number of aliphatic hydroxyl groups is 2. The summed E-state index contributed by atoms with van der Waals surface area (Å²) in [6.07, 6.45) is 10.4. The lowest BCUT2D eigenvalue weighted by molar-refractivity contribution is -0.142. The van der Waals surface area contributed by atoms with E-state index < -0.39 is 24.6 Å². The molecule has 0 saturated carbocycles. The van der Waals surface area contributed by atoms with Crippen LogP contribution in [0.2, 0.25) is 0 Å². The van der Waals surface area contributed by atoms with Gasteiger partial charge in [-0.25, -0.2) is 0 Å². The van der Waals surface area contributed by atoms with E-state index in [0.717, 1.165) is 19.3 Å². The minimum Gasteiger partial charge on any atom is -0.481 e. The van der Waals surface area contributed by atoms with Crippen LogP contribution < -0.4 is 0 Å². The summed E-state index contributed by atoms with van der Waals surface area (Å²) in [6, 6.07) is 0. The minimum absolute atomic E-state index is 0.108. The third-order valence-electron chi connectivity index (χ3n) is 4.32. The van der Waals surface area contributed by atoms with Crippen LogP contribution in [0.5, 0.6) is 0 Å². The van der Waals surface area contributed by atoms with E-state index >= 15 is 0 Å². The molecular weight excluding hydrogens is 308 g/mol. The topological polar surface area (TPSA) is 94.8 Å². The zero-order valence-electron chi connectivity index (χ0n) is 15.2. The van der Waals surface area contributed by atoms with Crippen molar-refractivity contribution >= 4 is 11.8 Å². The van der Waals surface area contributed by atoms with Gasteiger partial charge >= 0.3 is 5.97 Å². The molecule has 0 aliphatic heterocycles. The van der Waals surface area contributed by atoms with Gasteiger partial charge in [0.25, 0.3) is 0 Å². The summed E-state index contributed by atoms with van der Waals surface area (Å²) in [6.45, 7) is 2.23. The van der Waals surface area contributed by atoms with Gasteiger partial charge in [-0.3, -0.25) is 9.59 Å². The molecule has 142 valence electrons. The fourth-order valence-corrected chi connectivity index (χ4v) is 2.77. The van der Waals surface area contributed by atoms with Gasteiger partial charge in [-0.2, -0.15) is 0 Å². The molecule has 0 aromatic carbocycles. The molecule has 0 aromatic rings. The van der Waals surface area contributed by atoms with Crippen LogP contribution in [0.15, 0.2) is 0 Å². The molecule has 0 spiro atoms. The summed E-state index contributed by atoms with van der Waals surface area (Å²) in [5.74, 6) is -1.29. The van der Waals surface area contributed by atoms with Crippen molar-refractivity contribution in [1.82, 2.24) is 0 Å². The number of carbonyl (C=O) groups excluding carboxylic acids is 1. The first-order chi connectivity index (χ1) is 11.5. The number of hydrogen-bond acceptors (Lipinski definition) is 4. The molecule has 0 aliphatic rings. The zero-order valence-corrected chi connectivity index (χ0v) is 15.2. The zero-order chi connectivity index (χ0) is 18.2. The standard InChI is InChI=1S/C19H36O5/c1-2-3-4-5-6-7-8-9-10-11-12-13-16(20)14-17(21)18(22)15-19(23)24/h17-18,21-22H,2-15H2,1H3,(H,23,24). The summed E-state index contributed by atoms with van der Waals surface area (Å²) >= 11 is 0. The number of ketones is 1. The Balaban J connectivity index is 3.44. The minimum atomic E-state index is -1.37.